The van der Waals surface area contributed by atoms with Crippen LogP contribution in [0.1, 0.15) is 36.5 Å². The number of pyridine rings is 1. The van der Waals surface area contributed by atoms with Crippen LogP contribution in [0.4, 0.5) is 5.82 Å². The average molecular weight is 500 g/mol. The summed E-state index contributed by atoms with van der Waals surface area (Å²) in [6.07, 6.45) is -0.327. The van der Waals surface area contributed by atoms with Crippen LogP contribution in [0.5, 0.6) is 11.5 Å². The molecule has 196 valence electrons. The minimum absolute atomic E-state index is 0.0267. The molecule has 1 aromatic carbocycles. The number of benzene rings is 1. The van der Waals surface area contributed by atoms with Gasteiger partial charge in [0.25, 0.3) is 5.91 Å². The van der Waals surface area contributed by atoms with Crippen molar-refractivity contribution in [1.82, 2.24) is 9.88 Å². The average Bonchev–Trinajstić information content (AvgIpc) is 3.19. The number of amides is 1. The van der Waals surface area contributed by atoms with Gasteiger partial charge in [0.2, 0.25) is 0 Å². The molecule has 36 heavy (non-hydrogen) atoms. The van der Waals surface area contributed by atoms with Crippen molar-refractivity contribution < 1.29 is 29.6 Å². The van der Waals surface area contributed by atoms with Crippen molar-refractivity contribution in [3.8, 4) is 11.5 Å². The number of methoxy groups -OCH3 is 1. The van der Waals surface area contributed by atoms with Gasteiger partial charge in [0.05, 0.1) is 32.9 Å². The Balaban J connectivity index is 1.53. The molecule has 0 aliphatic carbocycles. The van der Waals surface area contributed by atoms with E-state index in [2.05, 4.69) is 22.9 Å². The molecule has 0 radical (unpaired) electrons. The van der Waals surface area contributed by atoms with Gasteiger partial charge < -0.3 is 34.6 Å². The summed E-state index contributed by atoms with van der Waals surface area (Å²) < 4.78 is 11.9. The zero-order valence-corrected chi connectivity index (χ0v) is 21.6. The summed E-state index contributed by atoms with van der Waals surface area (Å²) in [4.78, 5) is 20.9. The number of hydrogen-bond acceptors (Lipinski definition) is 8. The number of aromatic nitrogens is 1. The highest BCUT2D eigenvalue weighted by molar-refractivity contribution is 5.81. The Hall–Kier alpha value is -2.88. The normalized spacial score (nSPS) is 23.8. The van der Waals surface area contributed by atoms with E-state index in [1.807, 2.05) is 38.2 Å². The van der Waals surface area contributed by atoms with E-state index in [9.17, 15) is 20.1 Å². The van der Waals surface area contributed by atoms with Crippen molar-refractivity contribution in [1.29, 1.82) is 0 Å². The lowest BCUT2D eigenvalue weighted by Crippen LogP contribution is -2.54. The molecule has 2 aliphatic rings. The van der Waals surface area contributed by atoms with Gasteiger partial charge in [0.15, 0.2) is 17.6 Å². The molecule has 0 saturated carbocycles. The summed E-state index contributed by atoms with van der Waals surface area (Å²) in [7, 11) is 1.60. The van der Waals surface area contributed by atoms with Crippen LogP contribution in [0.3, 0.4) is 0 Å². The minimum atomic E-state index is -1.47. The Bertz CT molecular complexity index is 1100. The van der Waals surface area contributed by atoms with Crippen molar-refractivity contribution in [3.05, 3.63) is 47.2 Å². The maximum atomic E-state index is 12.6. The monoisotopic (exact) mass is 499 g/mol. The van der Waals surface area contributed by atoms with E-state index >= 15 is 0 Å². The van der Waals surface area contributed by atoms with Crippen LogP contribution in [0.15, 0.2) is 30.5 Å². The molecule has 2 fully saturated rings. The Morgan fingerprint density at radius 3 is 2.53 bits per heavy atom. The van der Waals surface area contributed by atoms with E-state index < -0.39 is 30.1 Å². The van der Waals surface area contributed by atoms with Gasteiger partial charge in [0, 0.05) is 30.6 Å². The molecule has 9 nitrogen and oxygen atoms in total. The third-order valence-corrected chi connectivity index (χ3v) is 7.67. The third kappa shape index (κ3) is 4.87. The van der Waals surface area contributed by atoms with E-state index in [4.69, 9.17) is 9.47 Å². The fourth-order valence-corrected chi connectivity index (χ4v) is 5.29. The summed E-state index contributed by atoms with van der Waals surface area (Å²) in [5.74, 6) is 1.46. The fraction of sp³-hybridized carbons (Fsp3) is 0.556. The van der Waals surface area contributed by atoms with Crippen LogP contribution in [-0.4, -0.2) is 89.3 Å². The molecule has 3 heterocycles. The zero-order valence-electron chi connectivity index (χ0n) is 21.6. The van der Waals surface area contributed by atoms with Gasteiger partial charge in [0.1, 0.15) is 11.9 Å². The molecule has 2 saturated heterocycles. The van der Waals surface area contributed by atoms with Crippen molar-refractivity contribution in [2.45, 2.75) is 51.9 Å². The number of ether oxygens (including phenoxy) is 2. The smallest absolute Gasteiger partial charge is 0.253 e. The first-order valence-corrected chi connectivity index (χ1v) is 12.4. The predicted molar refractivity (Wildman–Crippen MR) is 136 cm³/mol. The quantitative estimate of drug-likeness (QED) is 0.502. The van der Waals surface area contributed by atoms with Crippen LogP contribution < -0.4 is 14.4 Å². The van der Waals surface area contributed by atoms with Gasteiger partial charge in [-0.3, -0.25) is 4.79 Å². The van der Waals surface area contributed by atoms with Gasteiger partial charge >= 0.3 is 0 Å². The van der Waals surface area contributed by atoms with Crippen molar-refractivity contribution >= 4 is 11.7 Å². The van der Waals surface area contributed by atoms with E-state index in [1.54, 1.807) is 14.0 Å². The number of aryl methyl sites for hydroxylation is 2. The lowest BCUT2D eigenvalue weighted by molar-refractivity contribution is -0.141. The number of carbonyl (C=O) groups is 1. The Kier molecular flexibility index (Phi) is 7.45. The summed E-state index contributed by atoms with van der Waals surface area (Å²) >= 11 is 0. The van der Waals surface area contributed by atoms with Gasteiger partial charge in [-0.25, -0.2) is 4.98 Å². The highest BCUT2D eigenvalue weighted by Crippen LogP contribution is 2.47. The Morgan fingerprint density at radius 1 is 1.19 bits per heavy atom. The topological polar surface area (TPSA) is 116 Å². The van der Waals surface area contributed by atoms with E-state index in [0.717, 1.165) is 22.5 Å². The standard InChI is InChI=1S/C27H37N3O6/c1-16-8-17(2)25(28-10-16)29-11-20(12-29)36-24-9-19(6-7-23(24)35-5)21-13-30(26(34)22(33)14-31)15-27(21,4)18(3)32/h6-10,18,20-22,31-33H,11-15H2,1-5H3/t18-,21+,22+,27+/m1/s1. The van der Waals surface area contributed by atoms with E-state index in [0.29, 0.717) is 31.1 Å². The molecule has 0 spiro atoms. The first kappa shape index (κ1) is 26.2. The molecule has 3 N–H and O–H groups in total. The minimum Gasteiger partial charge on any atom is -0.493 e. The second-order valence-corrected chi connectivity index (χ2v) is 10.4. The number of rotatable bonds is 8. The summed E-state index contributed by atoms with van der Waals surface area (Å²) in [6, 6.07) is 7.83. The molecule has 2 aliphatic heterocycles. The first-order chi connectivity index (χ1) is 17.1. The van der Waals surface area contributed by atoms with Gasteiger partial charge in [-0.15, -0.1) is 0 Å². The lowest BCUT2D eigenvalue weighted by Gasteiger charge is -2.40. The predicted octanol–water partition coefficient (Wildman–Crippen LogP) is 1.64. The summed E-state index contributed by atoms with van der Waals surface area (Å²) in [5, 5.41) is 29.8. The maximum absolute atomic E-state index is 12.6. The lowest BCUT2D eigenvalue weighted by atomic mass is 9.72. The highest BCUT2D eigenvalue weighted by atomic mass is 16.5. The summed E-state index contributed by atoms with van der Waals surface area (Å²) in [6.45, 7) is 9.11. The number of nitrogens with zero attached hydrogens (tertiary/aromatic N) is 3. The number of likely N-dealkylation sites (tertiary alicyclic amines) is 1. The molecule has 1 aromatic heterocycles. The molecule has 4 rings (SSSR count). The van der Waals surface area contributed by atoms with Crippen LogP contribution in [0, 0.1) is 19.3 Å². The highest BCUT2D eigenvalue weighted by Gasteiger charge is 2.49. The largest absolute Gasteiger partial charge is 0.493 e. The number of anilines is 1. The maximum Gasteiger partial charge on any atom is 0.253 e. The first-order valence-electron chi connectivity index (χ1n) is 12.4. The van der Waals surface area contributed by atoms with Crippen LogP contribution in [-0.2, 0) is 4.79 Å². The van der Waals surface area contributed by atoms with Crippen LogP contribution >= 0.6 is 0 Å². The second-order valence-electron chi connectivity index (χ2n) is 10.4. The molecule has 0 unspecified atom stereocenters. The van der Waals surface area contributed by atoms with Gasteiger partial charge in [-0.1, -0.05) is 19.1 Å². The number of aliphatic hydroxyl groups is 3. The SMILES string of the molecule is COc1ccc([C@@H]2CN(C(=O)[C@@H](O)CO)C[C@@]2(C)[C@@H](C)O)cc1OC1CN(c2ncc(C)cc2C)C1. The number of carbonyl (C=O) groups excluding carboxylic acids is 1. The van der Waals surface area contributed by atoms with Crippen LogP contribution in [0.2, 0.25) is 0 Å². The molecule has 4 atom stereocenters. The molecule has 2 aromatic rings. The number of hydrogen-bond donors (Lipinski definition) is 3. The second kappa shape index (κ2) is 10.2. The molecule has 9 heteroatoms. The van der Waals surface area contributed by atoms with Crippen LogP contribution in [0.25, 0.3) is 0 Å². The van der Waals surface area contributed by atoms with Crippen molar-refractivity contribution in [2.24, 2.45) is 5.41 Å². The molecular weight excluding hydrogens is 462 g/mol. The number of aliphatic hydroxyl groups excluding tert-OH is 3. The van der Waals surface area contributed by atoms with Gasteiger partial charge in [-0.05, 0) is 49.6 Å². The third-order valence-electron chi connectivity index (χ3n) is 7.67. The van der Waals surface area contributed by atoms with Crippen molar-refractivity contribution in [2.75, 3.05) is 44.8 Å². The van der Waals surface area contributed by atoms with Gasteiger partial charge in [-0.2, -0.15) is 0 Å². The van der Waals surface area contributed by atoms with Crippen molar-refractivity contribution in [3.63, 3.8) is 0 Å². The molecular formula is C27H37N3O6. The zero-order chi connectivity index (χ0) is 26.2. The van der Waals surface area contributed by atoms with E-state index in [-0.39, 0.29) is 18.6 Å². The Morgan fingerprint density at radius 2 is 1.92 bits per heavy atom. The molecule has 1 amide bonds. The Labute approximate surface area is 212 Å². The molecule has 0 bridgehead atoms. The van der Waals surface area contributed by atoms with E-state index in [1.165, 1.54) is 4.90 Å². The fourth-order valence-electron chi connectivity index (χ4n) is 5.29. The summed E-state index contributed by atoms with van der Waals surface area (Å²) in [5.41, 5.74) is 2.54.